The van der Waals surface area contributed by atoms with Crippen LogP contribution in [0.25, 0.3) is 0 Å². The van der Waals surface area contributed by atoms with Crippen LogP contribution < -0.4 is 0 Å². The summed E-state index contributed by atoms with van der Waals surface area (Å²) in [5, 5.41) is 17.2. The lowest BCUT2D eigenvalue weighted by molar-refractivity contribution is -0.0601. The molecule has 0 spiro atoms. The average Bonchev–Trinajstić information content (AvgIpc) is 3.16. The minimum atomic E-state index is -1.11. The lowest BCUT2D eigenvalue weighted by Crippen LogP contribution is -2.51. The molecule has 0 bridgehead atoms. The number of hydrogen-bond donors (Lipinski definition) is 2. The Bertz CT molecular complexity index is 779. The number of carboxylic acid groups (broad SMARTS) is 1. The maximum atomic E-state index is 11.0. The molecule has 0 heterocycles. The first-order chi connectivity index (χ1) is 17.4. The van der Waals surface area contributed by atoms with Crippen LogP contribution in [-0.2, 0) is 4.74 Å². The first-order valence-corrected chi connectivity index (χ1v) is 15.3. The van der Waals surface area contributed by atoms with Gasteiger partial charge in [0.15, 0.2) is 0 Å². The van der Waals surface area contributed by atoms with Gasteiger partial charge in [-0.25, -0.2) is 4.79 Å². The number of aliphatic hydroxyl groups excluding tert-OH is 1. The molecule has 214 valence electrons. The van der Waals surface area contributed by atoms with Crippen molar-refractivity contribution in [3.8, 4) is 0 Å². The summed E-state index contributed by atoms with van der Waals surface area (Å²) in [4.78, 5) is 13.0. The first-order valence-electron chi connectivity index (χ1n) is 15.3. The number of rotatable bonds is 8. The van der Waals surface area contributed by atoms with Crippen molar-refractivity contribution in [3.63, 3.8) is 0 Å². The van der Waals surface area contributed by atoms with E-state index in [1.54, 1.807) is 0 Å². The van der Waals surface area contributed by atoms with E-state index in [0.717, 1.165) is 61.3 Å². The zero-order chi connectivity index (χ0) is 27.4. The molecule has 3 fully saturated rings. The number of hydrogen-bond acceptors (Lipinski definition) is 4. The van der Waals surface area contributed by atoms with Crippen molar-refractivity contribution in [2.75, 3.05) is 27.2 Å². The van der Waals surface area contributed by atoms with E-state index in [9.17, 15) is 4.79 Å². The van der Waals surface area contributed by atoms with Crippen molar-refractivity contribution in [1.29, 1.82) is 0 Å². The van der Waals surface area contributed by atoms with Crippen LogP contribution in [0.4, 0.5) is 4.79 Å². The highest BCUT2D eigenvalue weighted by Gasteiger charge is 2.59. The van der Waals surface area contributed by atoms with Crippen LogP contribution in [0.2, 0.25) is 0 Å². The summed E-state index contributed by atoms with van der Waals surface area (Å²) < 4.78 is 5.17. The Kier molecular flexibility index (Phi) is 10.6. The number of aliphatic hydroxyl groups is 1. The van der Waals surface area contributed by atoms with Crippen LogP contribution in [-0.4, -0.2) is 54.6 Å². The van der Waals surface area contributed by atoms with Gasteiger partial charge in [-0.3, -0.25) is 0 Å². The molecule has 4 aliphatic carbocycles. The van der Waals surface area contributed by atoms with Gasteiger partial charge in [0.25, 0.3) is 0 Å². The summed E-state index contributed by atoms with van der Waals surface area (Å²) in [5.74, 6) is 5.09. The van der Waals surface area contributed by atoms with Gasteiger partial charge in [-0.05, 0) is 105 Å². The molecule has 0 aromatic rings. The summed E-state index contributed by atoms with van der Waals surface area (Å²) >= 11 is 0. The molecule has 4 aliphatic rings. The maximum absolute atomic E-state index is 11.0. The fourth-order valence-corrected chi connectivity index (χ4v) is 9.10. The summed E-state index contributed by atoms with van der Waals surface area (Å²) in [6.07, 6.45) is 15.1. The lowest BCUT2D eigenvalue weighted by Gasteiger charge is -2.58. The molecule has 37 heavy (non-hydrogen) atoms. The smallest absolute Gasteiger partial charge is 0.450 e. The molecule has 0 amide bonds. The Hall–Kier alpha value is -1.07. The van der Waals surface area contributed by atoms with Crippen molar-refractivity contribution >= 4 is 6.16 Å². The van der Waals surface area contributed by atoms with Gasteiger partial charge >= 0.3 is 6.16 Å². The van der Waals surface area contributed by atoms with E-state index in [1.807, 2.05) is 19.0 Å². The van der Waals surface area contributed by atoms with Crippen LogP contribution in [0.5, 0.6) is 0 Å². The molecule has 4 rings (SSSR count). The first kappa shape index (κ1) is 30.5. The third-order valence-corrected chi connectivity index (χ3v) is 11.1. The number of ether oxygens (including phenoxy) is 1. The lowest BCUT2D eigenvalue weighted by atomic mass is 9.47. The van der Waals surface area contributed by atoms with Crippen molar-refractivity contribution < 1.29 is 19.7 Å². The highest BCUT2D eigenvalue weighted by molar-refractivity contribution is 5.57. The number of likely N-dealkylation sites (N-methyl/N-ethyl adjacent to an activating group) is 1. The largest absolute Gasteiger partial charge is 0.506 e. The van der Waals surface area contributed by atoms with Crippen LogP contribution in [0, 0.1) is 46.3 Å². The van der Waals surface area contributed by atoms with E-state index < -0.39 is 6.16 Å². The van der Waals surface area contributed by atoms with Crippen LogP contribution in [0.1, 0.15) is 105 Å². The van der Waals surface area contributed by atoms with E-state index in [0.29, 0.717) is 5.41 Å². The fourth-order valence-electron chi connectivity index (χ4n) is 9.10. The van der Waals surface area contributed by atoms with Crippen LogP contribution in [0.3, 0.4) is 0 Å². The summed E-state index contributed by atoms with van der Waals surface area (Å²) in [5.41, 5.74) is 2.30. The van der Waals surface area contributed by atoms with Crippen molar-refractivity contribution in [2.24, 2.45) is 46.3 Å². The standard InChI is InChI=1S/C28H46O3.C4H11NO/c1-18(2)7-6-8-19(3)23-11-12-24-22-10-9-20-17-21(31-26(29)30)13-15-27(20,4)25(22)14-16-28(23,24)5;1-5(2)3-4-6/h9,18-19,21-25H,6-8,10-17H2,1-5H3,(H,29,30);6H,3-4H2,1-2H3/t19-,21+,22+,23-,24+,25+,27+,28-;/m1./s1. The minimum Gasteiger partial charge on any atom is -0.450 e. The zero-order valence-electron chi connectivity index (χ0n) is 25.0. The minimum absolute atomic E-state index is 0.134. The van der Waals surface area contributed by atoms with Gasteiger partial charge in [-0.15, -0.1) is 0 Å². The SMILES string of the molecule is CC(C)CCC[C@@H](C)[C@H]1CC[C@H]2[C@@H]3CC=C4C[C@@H](OC(=O)O)CC[C@]4(C)[C@H]3CC[C@]12C.CN(C)CCO. The number of allylic oxidation sites excluding steroid dienone is 1. The number of carbonyl (C=O) groups is 1. The predicted molar refractivity (Wildman–Crippen MR) is 152 cm³/mol. The summed E-state index contributed by atoms with van der Waals surface area (Å²) in [7, 11) is 3.85. The Balaban J connectivity index is 0.000000568. The highest BCUT2D eigenvalue weighted by Crippen LogP contribution is 2.67. The molecule has 0 unspecified atom stereocenters. The monoisotopic (exact) mass is 519 g/mol. The topological polar surface area (TPSA) is 70.0 Å². The Morgan fingerprint density at radius 3 is 2.41 bits per heavy atom. The van der Waals surface area contributed by atoms with E-state index >= 15 is 0 Å². The van der Waals surface area contributed by atoms with E-state index in [1.165, 1.54) is 56.9 Å². The third-order valence-electron chi connectivity index (χ3n) is 11.1. The second-order valence-electron chi connectivity index (χ2n) is 14.1. The number of fused-ring (bicyclic) bond motifs is 5. The molecule has 0 radical (unpaired) electrons. The molecule has 0 aliphatic heterocycles. The fraction of sp³-hybridized carbons (Fsp3) is 0.906. The van der Waals surface area contributed by atoms with Gasteiger partial charge in [-0.1, -0.05) is 65.5 Å². The molecule has 3 saturated carbocycles. The van der Waals surface area contributed by atoms with Crippen molar-refractivity contribution in [2.45, 2.75) is 111 Å². The third kappa shape index (κ3) is 6.93. The van der Waals surface area contributed by atoms with Crippen molar-refractivity contribution in [1.82, 2.24) is 4.90 Å². The van der Waals surface area contributed by atoms with E-state index in [2.05, 4.69) is 40.7 Å². The molecular weight excluding hydrogens is 462 g/mol. The summed E-state index contributed by atoms with van der Waals surface area (Å²) in [6.45, 7) is 13.4. The molecule has 0 aromatic heterocycles. The van der Waals surface area contributed by atoms with Crippen LogP contribution in [0.15, 0.2) is 11.6 Å². The molecule has 5 nitrogen and oxygen atoms in total. The van der Waals surface area contributed by atoms with Gasteiger partial charge in [0.2, 0.25) is 0 Å². The maximum Gasteiger partial charge on any atom is 0.506 e. The quantitative estimate of drug-likeness (QED) is 0.255. The van der Waals surface area contributed by atoms with Gasteiger partial charge in [0, 0.05) is 13.0 Å². The highest BCUT2D eigenvalue weighted by atomic mass is 16.7. The molecular formula is C32H57NO4. The summed E-state index contributed by atoms with van der Waals surface area (Å²) in [6, 6.07) is 0. The van der Waals surface area contributed by atoms with E-state index in [-0.39, 0.29) is 18.1 Å². The van der Waals surface area contributed by atoms with E-state index in [4.69, 9.17) is 14.9 Å². The Morgan fingerprint density at radius 1 is 1.08 bits per heavy atom. The zero-order valence-corrected chi connectivity index (χ0v) is 25.0. The van der Waals surface area contributed by atoms with Gasteiger partial charge in [-0.2, -0.15) is 0 Å². The average molecular weight is 520 g/mol. The van der Waals surface area contributed by atoms with Crippen molar-refractivity contribution in [3.05, 3.63) is 11.6 Å². The Morgan fingerprint density at radius 2 is 1.81 bits per heavy atom. The normalized spacial score (nSPS) is 37.6. The second-order valence-corrected chi connectivity index (χ2v) is 14.1. The van der Waals surface area contributed by atoms with Gasteiger partial charge < -0.3 is 19.8 Å². The van der Waals surface area contributed by atoms with Gasteiger partial charge in [0.05, 0.1) is 6.61 Å². The molecule has 0 aromatic carbocycles. The molecule has 2 N–H and O–H groups in total. The molecule has 5 heteroatoms. The van der Waals surface area contributed by atoms with Gasteiger partial charge in [0.1, 0.15) is 6.10 Å². The predicted octanol–water partition coefficient (Wildman–Crippen LogP) is 7.63. The van der Waals surface area contributed by atoms with Crippen LogP contribution >= 0.6 is 0 Å². The molecule has 0 saturated heterocycles. The Labute approximate surface area is 227 Å². The number of nitrogens with zero attached hydrogens (tertiary/aromatic N) is 1. The second kappa shape index (κ2) is 12.9. The molecule has 8 atom stereocenters.